The number of carbonyl (C=O) groups excluding carboxylic acids is 1. The van der Waals surface area contributed by atoms with E-state index in [1.165, 1.54) is 6.07 Å². The third-order valence-corrected chi connectivity index (χ3v) is 5.03. The molecule has 0 aromatic heterocycles. The molecule has 3 nitrogen and oxygen atoms in total. The Morgan fingerprint density at radius 3 is 2.38 bits per heavy atom. The molecule has 0 saturated carbocycles. The Morgan fingerprint density at radius 2 is 1.69 bits per heavy atom. The zero-order valence-corrected chi connectivity index (χ0v) is 14.6. The average Bonchev–Trinajstić information content (AvgIpc) is 2.99. The van der Waals surface area contributed by atoms with Crippen LogP contribution in [-0.4, -0.2) is 23.9 Å². The van der Waals surface area contributed by atoms with Gasteiger partial charge in [0.2, 0.25) is 5.91 Å². The minimum absolute atomic E-state index is 0. The maximum atomic E-state index is 13.2. The Kier molecular flexibility index (Phi) is 4.99. The van der Waals surface area contributed by atoms with Crippen molar-refractivity contribution in [2.24, 2.45) is 5.92 Å². The molecule has 1 N–H and O–H groups in total. The van der Waals surface area contributed by atoms with Gasteiger partial charge >= 0.3 is 6.18 Å². The molecule has 4 rings (SSSR count). The van der Waals surface area contributed by atoms with Crippen LogP contribution in [0.15, 0.2) is 48.5 Å². The van der Waals surface area contributed by atoms with E-state index in [1.807, 2.05) is 30.3 Å². The first-order chi connectivity index (χ1) is 11.9. The molecule has 2 aliphatic rings. The lowest BCUT2D eigenvalue weighted by molar-refractivity contribution is -0.137. The van der Waals surface area contributed by atoms with Crippen molar-refractivity contribution in [1.82, 2.24) is 4.90 Å². The average molecular weight is 383 g/mol. The summed E-state index contributed by atoms with van der Waals surface area (Å²) in [6.45, 7) is 1.83. The van der Waals surface area contributed by atoms with Gasteiger partial charge in [-0.3, -0.25) is 9.69 Å². The predicted molar refractivity (Wildman–Crippen MR) is 95.3 cm³/mol. The number of rotatable bonds is 2. The summed E-state index contributed by atoms with van der Waals surface area (Å²) in [5.41, 5.74) is 0.891. The fourth-order valence-corrected chi connectivity index (χ4v) is 3.91. The summed E-state index contributed by atoms with van der Waals surface area (Å²) in [5, 5.41) is 2.51. The number of nitrogens with one attached hydrogen (secondary N) is 1. The molecule has 1 amide bonds. The molecule has 2 aromatic rings. The van der Waals surface area contributed by atoms with Gasteiger partial charge in [-0.15, -0.1) is 12.4 Å². The Hall–Kier alpha value is -2.05. The zero-order chi connectivity index (χ0) is 17.6. The Labute approximate surface area is 155 Å². The molecule has 0 radical (unpaired) electrons. The summed E-state index contributed by atoms with van der Waals surface area (Å²) in [6, 6.07) is 14.0. The van der Waals surface area contributed by atoms with Gasteiger partial charge in [-0.2, -0.15) is 13.2 Å². The highest BCUT2D eigenvalue weighted by molar-refractivity contribution is 5.98. The van der Waals surface area contributed by atoms with Crippen LogP contribution in [0.4, 0.5) is 18.9 Å². The van der Waals surface area contributed by atoms with Crippen LogP contribution >= 0.6 is 12.4 Å². The number of hydrogen-bond acceptors (Lipinski definition) is 2. The van der Waals surface area contributed by atoms with Crippen molar-refractivity contribution in [2.45, 2.75) is 18.6 Å². The van der Waals surface area contributed by atoms with Crippen LogP contribution in [0, 0.1) is 5.92 Å². The maximum Gasteiger partial charge on any atom is 0.418 e. The molecule has 2 aromatic carbocycles. The second-order valence-corrected chi connectivity index (χ2v) is 6.65. The van der Waals surface area contributed by atoms with Gasteiger partial charge < -0.3 is 5.32 Å². The van der Waals surface area contributed by atoms with E-state index in [2.05, 4.69) is 10.2 Å². The Bertz CT molecular complexity index is 810. The molecule has 2 heterocycles. The van der Waals surface area contributed by atoms with Crippen molar-refractivity contribution in [1.29, 1.82) is 0 Å². The predicted octanol–water partition coefficient (Wildman–Crippen LogP) is 4.29. The lowest BCUT2D eigenvalue weighted by Crippen LogP contribution is -2.34. The van der Waals surface area contributed by atoms with Gasteiger partial charge in [0.15, 0.2) is 0 Å². The van der Waals surface area contributed by atoms with Gasteiger partial charge in [0.25, 0.3) is 0 Å². The number of para-hydroxylation sites is 1. The van der Waals surface area contributed by atoms with E-state index in [0.717, 1.165) is 11.6 Å². The Balaban J connectivity index is 0.00000196. The van der Waals surface area contributed by atoms with Crippen LogP contribution in [0.5, 0.6) is 0 Å². The summed E-state index contributed by atoms with van der Waals surface area (Å²) in [4.78, 5) is 14.5. The monoisotopic (exact) mass is 382 g/mol. The molecule has 0 aliphatic carbocycles. The number of benzene rings is 2. The van der Waals surface area contributed by atoms with E-state index in [0.29, 0.717) is 25.2 Å². The van der Waals surface area contributed by atoms with Crippen molar-refractivity contribution in [3.63, 3.8) is 0 Å². The van der Waals surface area contributed by atoms with Crippen LogP contribution in [-0.2, 0) is 17.5 Å². The summed E-state index contributed by atoms with van der Waals surface area (Å²) >= 11 is 0. The van der Waals surface area contributed by atoms with Crippen molar-refractivity contribution in [3.8, 4) is 0 Å². The van der Waals surface area contributed by atoms with Gasteiger partial charge in [-0.1, -0.05) is 42.5 Å². The highest BCUT2D eigenvalue weighted by Gasteiger charge is 2.45. The van der Waals surface area contributed by atoms with E-state index in [4.69, 9.17) is 0 Å². The van der Waals surface area contributed by atoms with Crippen LogP contribution < -0.4 is 5.32 Å². The molecule has 2 atom stereocenters. The van der Waals surface area contributed by atoms with E-state index in [1.54, 1.807) is 6.07 Å². The molecular formula is C19H18ClF3N2O. The third-order valence-electron chi connectivity index (χ3n) is 5.03. The van der Waals surface area contributed by atoms with E-state index in [9.17, 15) is 18.0 Å². The summed E-state index contributed by atoms with van der Waals surface area (Å²) in [6.07, 6.45) is -4.48. The number of amides is 1. The Morgan fingerprint density at radius 1 is 1.00 bits per heavy atom. The minimum Gasteiger partial charge on any atom is -0.325 e. The fourth-order valence-electron chi connectivity index (χ4n) is 3.91. The van der Waals surface area contributed by atoms with Gasteiger partial charge in [-0.05, 0) is 17.2 Å². The van der Waals surface area contributed by atoms with E-state index < -0.39 is 11.7 Å². The molecule has 26 heavy (non-hydrogen) atoms. The van der Waals surface area contributed by atoms with Gasteiger partial charge in [0.05, 0.1) is 17.2 Å². The third kappa shape index (κ3) is 3.31. The maximum absolute atomic E-state index is 13.2. The van der Waals surface area contributed by atoms with Gasteiger partial charge in [0.1, 0.15) is 0 Å². The first kappa shape index (κ1) is 18.7. The smallest absolute Gasteiger partial charge is 0.325 e. The number of fused-ring (bicyclic) bond motifs is 3. The van der Waals surface area contributed by atoms with Crippen molar-refractivity contribution in [3.05, 3.63) is 65.2 Å². The number of nitrogens with zero attached hydrogens (tertiary/aromatic N) is 1. The summed E-state index contributed by atoms with van der Waals surface area (Å²) < 4.78 is 39.7. The molecule has 2 aliphatic heterocycles. The highest BCUT2D eigenvalue weighted by Crippen LogP contribution is 2.46. The molecule has 1 fully saturated rings. The van der Waals surface area contributed by atoms with Crippen molar-refractivity contribution < 1.29 is 18.0 Å². The molecule has 1 saturated heterocycles. The molecular weight excluding hydrogens is 365 g/mol. The minimum atomic E-state index is -4.48. The fraction of sp³-hybridized carbons (Fsp3) is 0.316. The quantitative estimate of drug-likeness (QED) is 0.840. The zero-order valence-electron chi connectivity index (χ0n) is 13.8. The molecule has 7 heteroatoms. The normalized spacial score (nSPS) is 22.2. The lowest BCUT2D eigenvalue weighted by atomic mass is 9.83. The van der Waals surface area contributed by atoms with Crippen LogP contribution in [0.1, 0.15) is 22.6 Å². The highest BCUT2D eigenvalue weighted by atomic mass is 35.5. The number of alkyl halides is 3. The number of halogens is 4. The van der Waals surface area contributed by atoms with Gasteiger partial charge in [-0.25, -0.2) is 0 Å². The van der Waals surface area contributed by atoms with Gasteiger partial charge in [0, 0.05) is 25.6 Å². The van der Waals surface area contributed by atoms with Crippen LogP contribution in [0.3, 0.4) is 0 Å². The van der Waals surface area contributed by atoms with Crippen LogP contribution in [0.25, 0.3) is 0 Å². The largest absolute Gasteiger partial charge is 0.418 e. The number of carbonyl (C=O) groups is 1. The SMILES string of the molecule is Cl.O=C1Nc2c(cccc2C(F)(F)F)[C@@H]2CN(Cc3ccccc3)C[C@@H]12. The molecule has 138 valence electrons. The molecule has 0 spiro atoms. The van der Waals surface area contributed by atoms with Crippen molar-refractivity contribution in [2.75, 3.05) is 18.4 Å². The number of anilines is 1. The van der Waals surface area contributed by atoms with E-state index in [-0.39, 0.29) is 35.8 Å². The topological polar surface area (TPSA) is 32.3 Å². The molecule has 0 bridgehead atoms. The number of likely N-dealkylation sites (tertiary alicyclic amines) is 1. The second-order valence-electron chi connectivity index (χ2n) is 6.65. The second kappa shape index (κ2) is 6.93. The summed E-state index contributed by atoms with van der Waals surface area (Å²) in [5.74, 6) is -0.820. The van der Waals surface area contributed by atoms with Crippen molar-refractivity contribution >= 4 is 24.0 Å². The first-order valence-corrected chi connectivity index (χ1v) is 8.21. The number of hydrogen-bond donors (Lipinski definition) is 1. The van der Waals surface area contributed by atoms with E-state index >= 15 is 0 Å². The standard InChI is InChI=1S/C19H17F3N2O.ClH/c20-19(21,22)16-8-4-7-13-14-10-24(9-12-5-2-1-3-6-12)11-15(14)18(25)23-17(13)16;/h1-8,14-15H,9-11H2,(H,23,25);1H/t14-,15+;/m0./s1. The first-order valence-electron chi connectivity index (χ1n) is 8.21. The van der Waals surface area contributed by atoms with Crippen LogP contribution in [0.2, 0.25) is 0 Å². The summed E-state index contributed by atoms with van der Waals surface area (Å²) in [7, 11) is 0. The molecule has 0 unspecified atom stereocenters. The lowest BCUT2D eigenvalue weighted by Gasteiger charge is -2.29.